The summed E-state index contributed by atoms with van der Waals surface area (Å²) in [5, 5.41) is 2.61. The van der Waals surface area contributed by atoms with Gasteiger partial charge in [0.1, 0.15) is 6.61 Å². The van der Waals surface area contributed by atoms with Gasteiger partial charge in [-0.15, -0.1) is 0 Å². The van der Waals surface area contributed by atoms with Crippen molar-refractivity contribution in [2.75, 3.05) is 37.3 Å². The van der Waals surface area contributed by atoms with Crippen LogP contribution in [-0.2, 0) is 9.53 Å². The number of nitrogens with zero attached hydrogens (tertiary/aromatic N) is 1. The number of nitrogen functional groups attached to an aromatic ring is 1. The molecule has 21 heavy (non-hydrogen) atoms. The lowest BCUT2D eigenvalue weighted by atomic mass is 10.1. The van der Waals surface area contributed by atoms with E-state index in [1.165, 1.54) is 6.92 Å². The topological polar surface area (TPSA) is 84.7 Å². The normalized spacial score (nSPS) is 10.5. The summed E-state index contributed by atoms with van der Waals surface area (Å²) in [5.74, 6) is -0.641. The molecule has 1 amide bonds. The molecule has 0 saturated carbocycles. The van der Waals surface area contributed by atoms with Gasteiger partial charge in [-0.2, -0.15) is 0 Å². The minimum absolute atomic E-state index is 0.191. The number of anilines is 2. The Kier molecular flexibility index (Phi) is 6.68. The molecule has 6 heteroatoms. The molecule has 0 radical (unpaired) electrons. The van der Waals surface area contributed by atoms with Crippen LogP contribution in [0.1, 0.15) is 31.1 Å². The molecule has 0 fully saturated rings. The van der Waals surface area contributed by atoms with Crippen LogP contribution in [0.2, 0.25) is 0 Å². The molecule has 0 aliphatic rings. The maximum absolute atomic E-state index is 11.9. The van der Waals surface area contributed by atoms with Gasteiger partial charge < -0.3 is 20.7 Å². The fourth-order valence-corrected chi connectivity index (χ4v) is 1.91. The average Bonchev–Trinajstić information content (AvgIpc) is 2.43. The zero-order valence-corrected chi connectivity index (χ0v) is 12.8. The maximum atomic E-state index is 11.9. The van der Waals surface area contributed by atoms with E-state index in [0.717, 1.165) is 13.1 Å². The quantitative estimate of drug-likeness (QED) is 0.590. The predicted molar refractivity (Wildman–Crippen MR) is 83.2 cm³/mol. The highest BCUT2D eigenvalue weighted by Gasteiger charge is 2.12. The van der Waals surface area contributed by atoms with Crippen LogP contribution in [0.15, 0.2) is 18.2 Å². The summed E-state index contributed by atoms with van der Waals surface area (Å²) in [6.07, 6.45) is 0. The first-order chi connectivity index (χ1) is 9.97. The second-order valence-electron chi connectivity index (χ2n) is 4.65. The Morgan fingerprint density at radius 2 is 1.95 bits per heavy atom. The molecule has 0 unspecified atom stereocenters. The second kappa shape index (κ2) is 8.26. The number of nitrogens with two attached hydrogens (primary N) is 1. The van der Waals surface area contributed by atoms with Crippen molar-refractivity contribution < 1.29 is 14.3 Å². The van der Waals surface area contributed by atoms with Gasteiger partial charge in [0.2, 0.25) is 5.91 Å². The standard InChI is InChI=1S/C15H23N3O3/c1-4-18(5-2)8-9-21-15(20)13-7-6-12(10-14(13)16)17-11(3)19/h6-7,10H,4-5,8-9,16H2,1-3H3,(H,17,19). The van der Waals surface area contributed by atoms with Crippen LogP contribution in [-0.4, -0.2) is 43.0 Å². The summed E-state index contributed by atoms with van der Waals surface area (Å²) in [4.78, 5) is 25.1. The molecular weight excluding hydrogens is 270 g/mol. The van der Waals surface area contributed by atoms with E-state index in [4.69, 9.17) is 10.5 Å². The van der Waals surface area contributed by atoms with Gasteiger partial charge >= 0.3 is 5.97 Å². The summed E-state index contributed by atoms with van der Waals surface area (Å²) in [5.41, 5.74) is 6.97. The molecule has 1 aromatic rings. The number of amides is 1. The highest BCUT2D eigenvalue weighted by Crippen LogP contribution is 2.19. The first-order valence-corrected chi connectivity index (χ1v) is 7.04. The van der Waals surface area contributed by atoms with Crippen LogP contribution in [0.4, 0.5) is 11.4 Å². The third-order valence-electron chi connectivity index (χ3n) is 3.13. The van der Waals surface area contributed by atoms with E-state index in [1.807, 2.05) is 0 Å². The Balaban J connectivity index is 2.60. The molecule has 116 valence electrons. The lowest BCUT2D eigenvalue weighted by Gasteiger charge is -2.17. The Bertz CT molecular complexity index is 499. The van der Waals surface area contributed by atoms with Crippen molar-refractivity contribution in [3.05, 3.63) is 23.8 Å². The monoisotopic (exact) mass is 293 g/mol. The zero-order valence-electron chi connectivity index (χ0n) is 12.8. The van der Waals surface area contributed by atoms with Gasteiger partial charge in [-0.05, 0) is 31.3 Å². The van der Waals surface area contributed by atoms with E-state index in [2.05, 4.69) is 24.1 Å². The van der Waals surface area contributed by atoms with Gasteiger partial charge in [-0.25, -0.2) is 4.79 Å². The molecule has 0 saturated heterocycles. The largest absolute Gasteiger partial charge is 0.461 e. The fourth-order valence-electron chi connectivity index (χ4n) is 1.91. The Morgan fingerprint density at radius 1 is 1.29 bits per heavy atom. The maximum Gasteiger partial charge on any atom is 0.340 e. The van der Waals surface area contributed by atoms with Gasteiger partial charge in [0.15, 0.2) is 0 Å². The molecule has 0 atom stereocenters. The van der Waals surface area contributed by atoms with Crippen molar-refractivity contribution in [2.24, 2.45) is 0 Å². The van der Waals surface area contributed by atoms with E-state index in [0.29, 0.717) is 24.4 Å². The highest BCUT2D eigenvalue weighted by molar-refractivity contribution is 5.97. The van der Waals surface area contributed by atoms with Crippen LogP contribution >= 0.6 is 0 Å². The summed E-state index contributed by atoms with van der Waals surface area (Å²) < 4.78 is 5.22. The minimum Gasteiger partial charge on any atom is -0.461 e. The number of hydrogen-bond donors (Lipinski definition) is 2. The average molecular weight is 293 g/mol. The number of rotatable bonds is 7. The van der Waals surface area contributed by atoms with Crippen molar-refractivity contribution in [3.63, 3.8) is 0 Å². The van der Waals surface area contributed by atoms with Gasteiger partial charge in [0, 0.05) is 24.8 Å². The molecule has 0 aliphatic carbocycles. The first kappa shape index (κ1) is 17.0. The fraction of sp³-hybridized carbons (Fsp3) is 0.467. The van der Waals surface area contributed by atoms with Crippen LogP contribution in [0.3, 0.4) is 0 Å². The summed E-state index contributed by atoms with van der Waals surface area (Å²) in [6.45, 7) is 8.39. The number of ether oxygens (including phenoxy) is 1. The second-order valence-corrected chi connectivity index (χ2v) is 4.65. The van der Waals surface area contributed by atoms with Crippen LogP contribution in [0.25, 0.3) is 0 Å². The van der Waals surface area contributed by atoms with Crippen LogP contribution in [0, 0.1) is 0 Å². The first-order valence-electron chi connectivity index (χ1n) is 7.04. The van der Waals surface area contributed by atoms with Crippen LogP contribution in [0.5, 0.6) is 0 Å². The number of esters is 1. The van der Waals surface area contributed by atoms with Gasteiger partial charge in [-0.3, -0.25) is 4.79 Å². The number of benzene rings is 1. The van der Waals surface area contributed by atoms with Crippen molar-refractivity contribution in [1.82, 2.24) is 4.90 Å². The SMILES string of the molecule is CCN(CC)CCOC(=O)c1ccc(NC(C)=O)cc1N. The van der Waals surface area contributed by atoms with Gasteiger partial charge in [0.05, 0.1) is 5.56 Å². The molecule has 1 aromatic carbocycles. The Hall–Kier alpha value is -2.08. The third-order valence-corrected chi connectivity index (χ3v) is 3.13. The molecule has 0 aromatic heterocycles. The molecule has 0 aliphatic heterocycles. The van der Waals surface area contributed by atoms with Gasteiger partial charge in [0.25, 0.3) is 0 Å². The lowest BCUT2D eigenvalue weighted by molar-refractivity contribution is -0.114. The molecule has 0 bridgehead atoms. The summed E-state index contributed by atoms with van der Waals surface area (Å²) in [6, 6.07) is 4.72. The zero-order chi connectivity index (χ0) is 15.8. The van der Waals surface area contributed by atoms with E-state index in [-0.39, 0.29) is 11.6 Å². The predicted octanol–water partition coefficient (Wildman–Crippen LogP) is 1.73. The van der Waals surface area contributed by atoms with Crippen molar-refractivity contribution in [1.29, 1.82) is 0 Å². The van der Waals surface area contributed by atoms with E-state index < -0.39 is 5.97 Å². The molecule has 6 nitrogen and oxygen atoms in total. The van der Waals surface area contributed by atoms with Crippen molar-refractivity contribution in [3.8, 4) is 0 Å². The number of likely N-dealkylation sites (N-methyl/N-ethyl adjacent to an activating group) is 1. The minimum atomic E-state index is -0.450. The Morgan fingerprint density at radius 3 is 2.48 bits per heavy atom. The number of hydrogen-bond acceptors (Lipinski definition) is 5. The molecule has 0 heterocycles. The third kappa shape index (κ3) is 5.43. The molecular formula is C15H23N3O3. The highest BCUT2D eigenvalue weighted by atomic mass is 16.5. The smallest absolute Gasteiger partial charge is 0.340 e. The van der Waals surface area contributed by atoms with E-state index in [9.17, 15) is 9.59 Å². The van der Waals surface area contributed by atoms with Crippen LogP contribution < -0.4 is 11.1 Å². The van der Waals surface area contributed by atoms with E-state index >= 15 is 0 Å². The molecule has 1 rings (SSSR count). The van der Waals surface area contributed by atoms with E-state index in [1.54, 1.807) is 18.2 Å². The van der Waals surface area contributed by atoms with Crippen molar-refractivity contribution >= 4 is 23.3 Å². The molecule has 0 spiro atoms. The lowest BCUT2D eigenvalue weighted by Crippen LogP contribution is -2.28. The number of nitrogens with one attached hydrogen (secondary N) is 1. The molecule has 3 N–H and O–H groups in total. The summed E-state index contributed by atoms with van der Waals surface area (Å²) in [7, 11) is 0. The summed E-state index contributed by atoms with van der Waals surface area (Å²) >= 11 is 0. The number of carbonyl (C=O) groups excluding carboxylic acids is 2. The van der Waals surface area contributed by atoms with Crippen molar-refractivity contribution in [2.45, 2.75) is 20.8 Å². The van der Waals surface area contributed by atoms with Gasteiger partial charge in [-0.1, -0.05) is 13.8 Å². The number of carbonyl (C=O) groups is 2. The Labute approximate surface area is 125 Å².